The summed E-state index contributed by atoms with van der Waals surface area (Å²) in [6, 6.07) is 7.48. The number of unbranched alkanes of at least 4 members (excludes halogenated alkanes) is 2. The van der Waals surface area contributed by atoms with Gasteiger partial charge in [0.25, 0.3) is 0 Å². The van der Waals surface area contributed by atoms with Crippen molar-refractivity contribution in [3.8, 4) is 0 Å². The quantitative estimate of drug-likeness (QED) is 0.299. The molecule has 8 nitrogen and oxygen atoms in total. The molecule has 0 saturated carbocycles. The van der Waals surface area contributed by atoms with Crippen LogP contribution in [0, 0.1) is 11.8 Å². The number of nitrogens with zero attached hydrogens (tertiary/aromatic N) is 2. The number of aliphatic hydroxyl groups excluding tert-OH is 1. The summed E-state index contributed by atoms with van der Waals surface area (Å²) in [6.07, 6.45) is 13.5. The smallest absolute Gasteiger partial charge is 0.313 e. The molecule has 1 N–H and O–H groups in total. The van der Waals surface area contributed by atoms with Gasteiger partial charge in [0.1, 0.15) is 23.2 Å². The molecule has 1 spiro atoms. The van der Waals surface area contributed by atoms with E-state index in [2.05, 4.69) is 6.92 Å². The lowest BCUT2D eigenvalue weighted by atomic mass is 9.73. The van der Waals surface area contributed by atoms with Crippen molar-refractivity contribution < 1.29 is 29.0 Å². The van der Waals surface area contributed by atoms with Crippen molar-refractivity contribution >= 4 is 17.8 Å². The molecular formula is C32H42N2O6. The van der Waals surface area contributed by atoms with Crippen molar-refractivity contribution in [2.24, 2.45) is 11.8 Å². The van der Waals surface area contributed by atoms with Gasteiger partial charge in [0.2, 0.25) is 11.8 Å². The molecule has 216 valence electrons. The van der Waals surface area contributed by atoms with Gasteiger partial charge in [0, 0.05) is 13.1 Å². The van der Waals surface area contributed by atoms with Crippen LogP contribution in [0.3, 0.4) is 0 Å². The van der Waals surface area contributed by atoms with Crippen LogP contribution >= 0.6 is 0 Å². The van der Waals surface area contributed by atoms with Crippen LogP contribution in [0.5, 0.6) is 0 Å². The summed E-state index contributed by atoms with van der Waals surface area (Å²) in [4.78, 5) is 46.2. The fourth-order valence-corrected chi connectivity index (χ4v) is 7.14. The predicted octanol–water partition coefficient (Wildman–Crippen LogP) is 3.95. The number of rotatable bonds is 8. The summed E-state index contributed by atoms with van der Waals surface area (Å²) in [5.74, 6) is -2.90. The standard InChI is InChI=1S/C32H42N2O6/c1-3-5-12-19-33-20-14-18-32-25(26-30(38)39-21-13-7-6-11-17-31(26,4-2)40-32)28(36)34(27(32)29(33)37)24(22-35)23-15-9-8-10-16-23/h8-11,14-18,24-27,35H,3-7,12-13,19-22H2,1-2H3/b17-11-/t24-,25+,26+,27?,31-,32+/m1/s1. The molecule has 2 saturated heterocycles. The molecule has 0 radical (unpaired) electrons. The summed E-state index contributed by atoms with van der Waals surface area (Å²) in [7, 11) is 0. The number of ether oxygens (including phenoxy) is 2. The zero-order valence-electron chi connectivity index (χ0n) is 23.7. The Morgan fingerprint density at radius 3 is 2.52 bits per heavy atom. The first kappa shape index (κ1) is 28.6. The average molecular weight is 551 g/mol. The van der Waals surface area contributed by atoms with E-state index in [1.165, 1.54) is 4.90 Å². The number of cyclic esters (lactones) is 1. The van der Waals surface area contributed by atoms with Gasteiger partial charge in [-0.15, -0.1) is 0 Å². The lowest BCUT2D eigenvalue weighted by molar-refractivity contribution is -0.163. The number of hydrogen-bond acceptors (Lipinski definition) is 6. The van der Waals surface area contributed by atoms with Crippen molar-refractivity contribution in [2.45, 2.75) is 82.1 Å². The number of benzene rings is 1. The molecular weight excluding hydrogens is 508 g/mol. The highest BCUT2D eigenvalue weighted by molar-refractivity contribution is 5.99. The molecule has 5 rings (SSSR count). The third-order valence-corrected chi connectivity index (χ3v) is 9.13. The van der Waals surface area contributed by atoms with Gasteiger partial charge in [-0.05, 0) is 37.7 Å². The number of fused-ring (bicyclic) bond motifs is 2. The molecule has 40 heavy (non-hydrogen) atoms. The molecule has 2 amide bonds. The molecule has 4 aliphatic heterocycles. The van der Waals surface area contributed by atoms with E-state index in [0.717, 1.165) is 44.1 Å². The van der Waals surface area contributed by atoms with Gasteiger partial charge in [0.05, 0.1) is 25.2 Å². The Morgan fingerprint density at radius 1 is 1.00 bits per heavy atom. The lowest BCUT2D eigenvalue weighted by Crippen LogP contribution is -2.57. The minimum Gasteiger partial charge on any atom is -0.465 e. The largest absolute Gasteiger partial charge is 0.465 e. The van der Waals surface area contributed by atoms with Gasteiger partial charge in [0.15, 0.2) is 0 Å². The van der Waals surface area contributed by atoms with Crippen molar-refractivity contribution in [3.63, 3.8) is 0 Å². The maximum Gasteiger partial charge on any atom is 0.313 e. The number of esters is 1. The maximum absolute atomic E-state index is 14.7. The molecule has 1 aromatic rings. The van der Waals surface area contributed by atoms with Crippen LogP contribution in [0.4, 0.5) is 0 Å². The van der Waals surface area contributed by atoms with Crippen LogP contribution in [0.1, 0.15) is 70.4 Å². The van der Waals surface area contributed by atoms with Gasteiger partial charge < -0.3 is 24.4 Å². The van der Waals surface area contributed by atoms with Crippen molar-refractivity contribution in [2.75, 3.05) is 26.3 Å². The molecule has 0 aliphatic carbocycles. The highest BCUT2D eigenvalue weighted by Gasteiger charge is 2.75. The SMILES string of the molecule is CCCCCN1CC=C[C@]23O[C@]4(CC)/C=C\CCCCOC(=O)[C@@H]4[C@H]2C(=O)N([C@H](CO)c2ccccc2)C3C1=O. The van der Waals surface area contributed by atoms with Gasteiger partial charge in [-0.3, -0.25) is 14.4 Å². The van der Waals surface area contributed by atoms with E-state index in [1.54, 1.807) is 4.90 Å². The number of aliphatic hydroxyl groups is 1. The normalized spacial score (nSPS) is 33.6. The zero-order valence-corrected chi connectivity index (χ0v) is 23.7. The summed E-state index contributed by atoms with van der Waals surface area (Å²) < 4.78 is 12.8. The molecule has 1 unspecified atom stereocenters. The number of hydrogen-bond donors (Lipinski definition) is 1. The Labute approximate surface area is 237 Å². The van der Waals surface area contributed by atoms with Crippen molar-refractivity contribution in [1.29, 1.82) is 0 Å². The summed E-state index contributed by atoms with van der Waals surface area (Å²) >= 11 is 0. The molecule has 2 fully saturated rings. The molecule has 1 aromatic carbocycles. The van der Waals surface area contributed by atoms with Crippen molar-refractivity contribution in [1.82, 2.24) is 9.80 Å². The molecule has 0 aromatic heterocycles. The van der Waals surface area contributed by atoms with E-state index in [9.17, 15) is 19.5 Å². The van der Waals surface area contributed by atoms with E-state index in [0.29, 0.717) is 19.5 Å². The Kier molecular flexibility index (Phi) is 8.47. The Balaban J connectivity index is 1.67. The first-order chi connectivity index (χ1) is 19.4. The van der Waals surface area contributed by atoms with Crippen LogP contribution < -0.4 is 0 Å². The van der Waals surface area contributed by atoms with Crippen LogP contribution in [0.2, 0.25) is 0 Å². The van der Waals surface area contributed by atoms with Gasteiger partial charge in [-0.2, -0.15) is 0 Å². The second-order valence-electron chi connectivity index (χ2n) is 11.4. The summed E-state index contributed by atoms with van der Waals surface area (Å²) in [6.45, 7) is 4.95. The highest BCUT2D eigenvalue weighted by Crippen LogP contribution is 2.59. The number of amides is 2. The number of allylic oxidation sites excluding steroid dienone is 1. The Morgan fingerprint density at radius 2 is 1.80 bits per heavy atom. The fraction of sp³-hybridized carbons (Fsp3) is 0.594. The van der Waals surface area contributed by atoms with E-state index >= 15 is 0 Å². The fourth-order valence-electron chi connectivity index (χ4n) is 7.14. The first-order valence-electron chi connectivity index (χ1n) is 14.9. The van der Waals surface area contributed by atoms with Crippen molar-refractivity contribution in [3.05, 3.63) is 60.2 Å². The Bertz CT molecular complexity index is 1150. The molecule has 0 bridgehead atoms. The van der Waals surface area contributed by atoms with E-state index in [4.69, 9.17) is 9.47 Å². The van der Waals surface area contributed by atoms with E-state index < -0.39 is 41.1 Å². The third-order valence-electron chi connectivity index (χ3n) is 9.13. The van der Waals surface area contributed by atoms with Gasteiger partial charge in [-0.1, -0.05) is 81.3 Å². The zero-order chi connectivity index (χ0) is 28.3. The lowest BCUT2D eigenvalue weighted by Gasteiger charge is -2.41. The third kappa shape index (κ3) is 4.69. The van der Waals surface area contributed by atoms with Crippen LogP contribution in [0.25, 0.3) is 0 Å². The van der Waals surface area contributed by atoms with Gasteiger partial charge in [-0.25, -0.2) is 0 Å². The molecule has 6 atom stereocenters. The second kappa shape index (κ2) is 11.9. The van der Waals surface area contributed by atoms with Crippen LogP contribution in [-0.4, -0.2) is 76.2 Å². The first-order valence-corrected chi connectivity index (χ1v) is 14.9. The van der Waals surface area contributed by atoms with E-state index in [-0.39, 0.29) is 25.0 Å². The number of carbonyl (C=O) groups excluding carboxylic acids is 3. The molecule has 8 heteroatoms. The van der Waals surface area contributed by atoms with Gasteiger partial charge >= 0.3 is 5.97 Å². The second-order valence-corrected chi connectivity index (χ2v) is 11.4. The summed E-state index contributed by atoms with van der Waals surface area (Å²) in [5.41, 5.74) is -1.72. The Hall–Kier alpha value is -2.97. The monoisotopic (exact) mass is 550 g/mol. The minimum absolute atomic E-state index is 0.210. The highest BCUT2D eigenvalue weighted by atomic mass is 16.6. The van der Waals surface area contributed by atoms with Crippen LogP contribution in [0.15, 0.2) is 54.6 Å². The molecule has 4 heterocycles. The predicted molar refractivity (Wildman–Crippen MR) is 150 cm³/mol. The minimum atomic E-state index is -1.37. The summed E-state index contributed by atoms with van der Waals surface area (Å²) in [5, 5.41) is 10.7. The number of likely N-dealkylation sites (tertiary alicyclic amines) is 1. The average Bonchev–Trinajstić information content (AvgIpc) is 3.33. The molecule has 4 aliphatic rings. The maximum atomic E-state index is 14.7. The number of carbonyl (C=O) groups is 3. The van der Waals surface area contributed by atoms with E-state index in [1.807, 2.05) is 61.6 Å². The topological polar surface area (TPSA) is 96.4 Å². The van der Waals surface area contributed by atoms with Crippen LogP contribution in [-0.2, 0) is 23.9 Å².